The minimum Gasteiger partial charge on any atom is -0.356 e. The van der Waals surface area contributed by atoms with Crippen LogP contribution in [0, 0.1) is 0 Å². The molecule has 0 aliphatic heterocycles. The first-order chi connectivity index (χ1) is 13.7. The van der Waals surface area contributed by atoms with Crippen molar-refractivity contribution < 1.29 is 4.79 Å². The van der Waals surface area contributed by atoms with Crippen LogP contribution in [0.3, 0.4) is 0 Å². The number of aryl methyl sites for hydroxylation is 2. The number of hydrogen-bond acceptors (Lipinski definition) is 5. The molecule has 0 aliphatic carbocycles. The van der Waals surface area contributed by atoms with Gasteiger partial charge in [-0.05, 0) is 30.7 Å². The van der Waals surface area contributed by atoms with E-state index < -0.39 is 0 Å². The van der Waals surface area contributed by atoms with E-state index in [-0.39, 0.29) is 11.5 Å². The largest absolute Gasteiger partial charge is 0.356 e. The smallest absolute Gasteiger partial charge is 0.258 e. The fourth-order valence-corrected chi connectivity index (χ4v) is 4.08. The molecule has 1 amide bonds. The lowest BCUT2D eigenvalue weighted by atomic mass is 10.2. The van der Waals surface area contributed by atoms with Crippen molar-refractivity contribution in [2.24, 2.45) is 0 Å². The first-order valence-corrected chi connectivity index (χ1v) is 10.1. The van der Waals surface area contributed by atoms with Gasteiger partial charge in [-0.2, -0.15) is 0 Å². The zero-order chi connectivity index (χ0) is 19.3. The van der Waals surface area contributed by atoms with E-state index in [1.165, 1.54) is 4.70 Å². The van der Waals surface area contributed by atoms with Gasteiger partial charge in [0, 0.05) is 25.8 Å². The Morgan fingerprint density at radius 1 is 1.00 bits per heavy atom. The van der Waals surface area contributed by atoms with E-state index in [0.29, 0.717) is 36.1 Å². The fraction of sp³-hybridized carbons (Fsp3) is 0.238. The number of aromatic amines is 1. The van der Waals surface area contributed by atoms with Gasteiger partial charge in [0.05, 0.1) is 26.1 Å². The average molecular weight is 392 g/mol. The van der Waals surface area contributed by atoms with Crippen molar-refractivity contribution in [1.82, 2.24) is 20.3 Å². The minimum absolute atomic E-state index is 0.0416. The molecule has 4 rings (SSSR count). The van der Waals surface area contributed by atoms with Gasteiger partial charge in [-0.3, -0.25) is 9.59 Å². The summed E-state index contributed by atoms with van der Waals surface area (Å²) < 4.78 is 1.19. The number of benzene rings is 2. The molecule has 0 radical (unpaired) electrons. The maximum Gasteiger partial charge on any atom is 0.258 e. The lowest BCUT2D eigenvalue weighted by Crippen LogP contribution is -2.25. The molecule has 0 saturated heterocycles. The molecule has 0 aliphatic rings. The van der Waals surface area contributed by atoms with Crippen LogP contribution in [-0.4, -0.2) is 27.4 Å². The van der Waals surface area contributed by atoms with E-state index >= 15 is 0 Å². The van der Waals surface area contributed by atoms with Crippen LogP contribution in [0.15, 0.2) is 53.3 Å². The lowest BCUT2D eigenvalue weighted by Gasteiger charge is -2.05. The number of H-pyrrole nitrogens is 1. The highest BCUT2D eigenvalue weighted by Gasteiger charge is 2.07. The summed E-state index contributed by atoms with van der Waals surface area (Å²) in [7, 11) is 0. The van der Waals surface area contributed by atoms with E-state index in [9.17, 15) is 9.59 Å². The molecule has 0 saturated carbocycles. The number of para-hydroxylation sites is 2. The molecule has 0 spiro atoms. The van der Waals surface area contributed by atoms with Crippen LogP contribution in [0.5, 0.6) is 0 Å². The summed E-state index contributed by atoms with van der Waals surface area (Å²) in [5.74, 6) is 0.494. The predicted octanol–water partition coefficient (Wildman–Crippen LogP) is 3.21. The van der Waals surface area contributed by atoms with E-state index in [1.807, 2.05) is 24.3 Å². The topological polar surface area (TPSA) is 87.7 Å². The summed E-state index contributed by atoms with van der Waals surface area (Å²) in [6.45, 7) is 0.608. The van der Waals surface area contributed by atoms with Crippen molar-refractivity contribution in [3.05, 3.63) is 69.7 Å². The van der Waals surface area contributed by atoms with Crippen LogP contribution in [0.4, 0.5) is 0 Å². The molecule has 6 nitrogen and oxygen atoms in total. The number of fused-ring (bicyclic) bond motifs is 2. The number of thiazole rings is 1. The maximum absolute atomic E-state index is 12.1. The molecule has 2 aromatic heterocycles. The number of rotatable bonds is 7. The Morgan fingerprint density at radius 3 is 2.64 bits per heavy atom. The molecule has 28 heavy (non-hydrogen) atoms. The third-order valence-corrected chi connectivity index (χ3v) is 5.57. The first-order valence-electron chi connectivity index (χ1n) is 9.28. The SMILES string of the molecule is O=C(CCc1nc2ccccc2c(=O)[nH]1)NCCCc1nc2ccccc2s1. The monoisotopic (exact) mass is 392 g/mol. The Morgan fingerprint density at radius 2 is 1.79 bits per heavy atom. The summed E-state index contributed by atoms with van der Waals surface area (Å²) in [6, 6.07) is 15.3. The number of nitrogens with one attached hydrogen (secondary N) is 2. The van der Waals surface area contributed by atoms with Crippen LogP contribution >= 0.6 is 11.3 Å². The number of aromatic nitrogens is 3. The van der Waals surface area contributed by atoms with Crippen molar-refractivity contribution in [2.45, 2.75) is 25.7 Å². The van der Waals surface area contributed by atoms with Crippen molar-refractivity contribution in [3.63, 3.8) is 0 Å². The molecule has 0 bridgehead atoms. The van der Waals surface area contributed by atoms with Gasteiger partial charge in [-0.25, -0.2) is 9.97 Å². The van der Waals surface area contributed by atoms with Crippen LogP contribution in [0.25, 0.3) is 21.1 Å². The molecule has 4 aromatic rings. The summed E-state index contributed by atoms with van der Waals surface area (Å²) >= 11 is 1.70. The van der Waals surface area contributed by atoms with Crippen LogP contribution in [0.1, 0.15) is 23.7 Å². The zero-order valence-corrected chi connectivity index (χ0v) is 16.1. The Hall–Kier alpha value is -3.06. The first kappa shape index (κ1) is 18.3. The van der Waals surface area contributed by atoms with Crippen molar-refractivity contribution >= 4 is 38.4 Å². The second-order valence-corrected chi connectivity index (χ2v) is 7.67. The van der Waals surface area contributed by atoms with Crippen LogP contribution < -0.4 is 10.9 Å². The van der Waals surface area contributed by atoms with Gasteiger partial charge < -0.3 is 10.3 Å². The number of carbonyl (C=O) groups excluding carboxylic acids is 1. The van der Waals surface area contributed by atoms with E-state index in [4.69, 9.17) is 0 Å². The maximum atomic E-state index is 12.1. The predicted molar refractivity (Wildman–Crippen MR) is 112 cm³/mol. The van der Waals surface area contributed by atoms with Crippen LogP contribution in [-0.2, 0) is 17.6 Å². The molecule has 142 valence electrons. The number of nitrogens with zero attached hydrogens (tertiary/aromatic N) is 2. The van der Waals surface area contributed by atoms with Crippen LogP contribution in [0.2, 0.25) is 0 Å². The Labute approximate surface area is 165 Å². The van der Waals surface area contributed by atoms with Gasteiger partial charge in [-0.1, -0.05) is 24.3 Å². The fourth-order valence-electron chi connectivity index (χ4n) is 3.07. The quantitative estimate of drug-likeness (QED) is 0.473. The van der Waals surface area contributed by atoms with Gasteiger partial charge in [-0.15, -0.1) is 11.3 Å². The Kier molecular flexibility index (Phi) is 5.43. The lowest BCUT2D eigenvalue weighted by molar-refractivity contribution is -0.121. The van der Waals surface area contributed by atoms with Gasteiger partial charge >= 0.3 is 0 Å². The van der Waals surface area contributed by atoms with Gasteiger partial charge in [0.15, 0.2) is 0 Å². The molecule has 2 heterocycles. The molecule has 0 fully saturated rings. The zero-order valence-electron chi connectivity index (χ0n) is 15.3. The molecule has 7 heteroatoms. The Bertz CT molecular complexity index is 1150. The van der Waals surface area contributed by atoms with E-state index in [0.717, 1.165) is 23.4 Å². The van der Waals surface area contributed by atoms with Crippen molar-refractivity contribution in [3.8, 4) is 0 Å². The van der Waals surface area contributed by atoms with Gasteiger partial charge in [0.25, 0.3) is 5.56 Å². The molecule has 0 unspecified atom stereocenters. The van der Waals surface area contributed by atoms with Gasteiger partial charge in [0.1, 0.15) is 5.82 Å². The summed E-state index contributed by atoms with van der Waals surface area (Å²) in [6.07, 6.45) is 2.39. The third-order valence-electron chi connectivity index (χ3n) is 4.48. The minimum atomic E-state index is -0.170. The van der Waals surface area contributed by atoms with E-state index in [1.54, 1.807) is 29.5 Å². The number of amides is 1. The van der Waals surface area contributed by atoms with E-state index in [2.05, 4.69) is 26.3 Å². The highest BCUT2D eigenvalue weighted by Crippen LogP contribution is 2.22. The molecule has 2 aromatic carbocycles. The number of carbonyl (C=O) groups is 1. The molecular weight excluding hydrogens is 372 g/mol. The third kappa shape index (κ3) is 4.26. The standard InChI is InChI=1S/C21H20N4O2S/c26-19(12-11-18-23-15-7-2-1-6-14(15)21(27)25-18)22-13-5-10-20-24-16-8-3-4-9-17(16)28-20/h1-4,6-9H,5,10-13H2,(H,22,26)(H,23,25,27). The summed E-state index contributed by atoms with van der Waals surface area (Å²) in [5, 5.41) is 4.58. The average Bonchev–Trinajstić information content (AvgIpc) is 3.13. The Balaban J connectivity index is 1.24. The normalized spacial score (nSPS) is 11.1. The highest BCUT2D eigenvalue weighted by molar-refractivity contribution is 7.18. The van der Waals surface area contributed by atoms with Gasteiger partial charge in [0.2, 0.25) is 5.91 Å². The van der Waals surface area contributed by atoms with Crippen molar-refractivity contribution in [1.29, 1.82) is 0 Å². The summed E-state index contributed by atoms with van der Waals surface area (Å²) in [5.41, 5.74) is 1.51. The molecule has 0 atom stereocenters. The molecular formula is C21H20N4O2S. The van der Waals surface area contributed by atoms with Crippen molar-refractivity contribution in [2.75, 3.05) is 6.54 Å². The highest BCUT2D eigenvalue weighted by atomic mass is 32.1. The summed E-state index contributed by atoms with van der Waals surface area (Å²) in [4.78, 5) is 35.9. The number of hydrogen-bond donors (Lipinski definition) is 2. The second-order valence-electron chi connectivity index (χ2n) is 6.56. The molecule has 2 N–H and O–H groups in total. The second kappa shape index (κ2) is 8.31.